The highest BCUT2D eigenvalue weighted by molar-refractivity contribution is 7.85. The van der Waals surface area contributed by atoms with Gasteiger partial charge in [0, 0.05) is 5.56 Å². The van der Waals surface area contributed by atoms with Crippen LogP contribution in [0.1, 0.15) is 67.9 Å². The fourth-order valence-corrected chi connectivity index (χ4v) is 9.40. The van der Waals surface area contributed by atoms with Gasteiger partial charge in [0.05, 0.1) is 4.75 Å². The van der Waals surface area contributed by atoms with E-state index in [2.05, 4.69) is 57.4 Å². The fraction of sp³-hybridized carbons (Fsp3) is 0.591. The molecule has 0 amide bonds. The van der Waals surface area contributed by atoms with Crippen molar-refractivity contribution in [1.29, 1.82) is 0 Å². The summed E-state index contributed by atoms with van der Waals surface area (Å²) in [5, 5.41) is 0. The molecule has 2 nitrogen and oxygen atoms in total. The van der Waals surface area contributed by atoms with Crippen molar-refractivity contribution in [3.8, 4) is 11.5 Å². The third kappa shape index (κ3) is 5.62. The highest BCUT2D eigenvalue weighted by Crippen LogP contribution is 2.40. The Balaban J connectivity index is 3.65. The van der Waals surface area contributed by atoms with Crippen LogP contribution >= 0.6 is 0 Å². The molecule has 0 saturated carbocycles. The van der Waals surface area contributed by atoms with Crippen LogP contribution in [0, 0.1) is 17.3 Å². The summed E-state index contributed by atoms with van der Waals surface area (Å²) >= 11 is 0. The van der Waals surface area contributed by atoms with Crippen molar-refractivity contribution in [3.05, 3.63) is 35.6 Å². The van der Waals surface area contributed by atoms with Gasteiger partial charge in [0.15, 0.2) is 0 Å². The maximum atomic E-state index is 14.4. The van der Waals surface area contributed by atoms with Gasteiger partial charge in [-0.15, -0.1) is 5.54 Å². The van der Waals surface area contributed by atoms with Gasteiger partial charge in [-0.3, -0.25) is 0 Å². The molecule has 1 rings (SSSR count). The van der Waals surface area contributed by atoms with Gasteiger partial charge >= 0.3 is 0 Å². The topological polar surface area (TPSA) is 29.4 Å². The first kappa shape index (κ1) is 23.8. The molecular weight excluding hydrogens is 373 g/mol. The molecule has 0 aliphatic rings. The standard InChI is InChI=1S/C22H34FNOSSi/c1-16(2)27(17(3)4,18(5)6)15-14-21(24-26(25)22(7,8)9)19-12-10-11-13-20(19)23/h10-13,16-18H,1-9H3/b24-21+/t26-/m1/s1. The van der Waals surface area contributed by atoms with Crippen LogP contribution in [0.5, 0.6) is 0 Å². The predicted octanol–water partition coefficient (Wildman–Crippen LogP) is 6.30. The second-order valence-electron chi connectivity index (χ2n) is 8.93. The lowest BCUT2D eigenvalue weighted by molar-refractivity contribution is 0.625. The maximum Gasteiger partial charge on any atom is 0.146 e. The van der Waals surface area contributed by atoms with Gasteiger partial charge in [-0.05, 0) is 49.5 Å². The largest absolute Gasteiger partial charge is 0.234 e. The Morgan fingerprint density at radius 2 is 1.52 bits per heavy atom. The van der Waals surface area contributed by atoms with Crippen LogP contribution in [0.25, 0.3) is 0 Å². The molecule has 0 aromatic heterocycles. The number of nitrogens with zero attached hydrogens (tertiary/aromatic N) is 1. The summed E-state index contributed by atoms with van der Waals surface area (Å²) in [7, 11) is -3.50. The van der Waals surface area contributed by atoms with Crippen LogP contribution < -0.4 is 0 Å². The van der Waals surface area contributed by atoms with Crippen molar-refractivity contribution in [2.75, 3.05) is 0 Å². The number of benzene rings is 1. The van der Waals surface area contributed by atoms with E-state index in [0.29, 0.717) is 27.9 Å². The normalized spacial score (nSPS) is 14.5. The van der Waals surface area contributed by atoms with Crippen LogP contribution in [0.3, 0.4) is 0 Å². The summed E-state index contributed by atoms with van der Waals surface area (Å²) < 4.78 is 30.9. The minimum absolute atomic E-state index is 0.292. The van der Waals surface area contributed by atoms with Crippen LogP contribution in [0.4, 0.5) is 4.39 Å². The van der Waals surface area contributed by atoms with Gasteiger partial charge in [-0.25, -0.2) is 8.60 Å². The maximum absolute atomic E-state index is 14.4. The molecule has 1 atom stereocenters. The lowest BCUT2D eigenvalue weighted by atomic mass is 10.1. The lowest BCUT2D eigenvalue weighted by Crippen LogP contribution is -2.43. The Morgan fingerprint density at radius 3 is 1.93 bits per heavy atom. The summed E-state index contributed by atoms with van der Waals surface area (Å²) in [5.41, 5.74) is 5.56. The molecule has 0 saturated heterocycles. The van der Waals surface area contributed by atoms with Crippen molar-refractivity contribution in [2.24, 2.45) is 4.40 Å². The zero-order valence-corrected chi connectivity index (χ0v) is 20.0. The molecule has 5 heteroatoms. The second-order valence-corrected chi connectivity index (χ2v) is 16.4. The highest BCUT2D eigenvalue weighted by Gasteiger charge is 2.41. The van der Waals surface area contributed by atoms with Crippen molar-refractivity contribution in [2.45, 2.75) is 83.7 Å². The fourth-order valence-electron chi connectivity index (χ4n) is 3.61. The third-order valence-electron chi connectivity index (χ3n) is 5.09. The average molecular weight is 408 g/mol. The Morgan fingerprint density at radius 1 is 1.04 bits per heavy atom. The number of rotatable bonds is 5. The summed E-state index contributed by atoms with van der Waals surface area (Å²) in [6.07, 6.45) is 0. The summed E-state index contributed by atoms with van der Waals surface area (Å²) in [6, 6.07) is 6.45. The summed E-state index contributed by atoms with van der Waals surface area (Å²) in [6.45, 7) is 18.9. The van der Waals surface area contributed by atoms with Crippen LogP contribution in [0.15, 0.2) is 28.7 Å². The molecule has 1 aromatic carbocycles. The second kappa shape index (κ2) is 9.30. The molecule has 0 aliphatic heterocycles. The average Bonchev–Trinajstić information content (AvgIpc) is 2.52. The van der Waals surface area contributed by atoms with Crippen molar-refractivity contribution in [1.82, 2.24) is 0 Å². The molecule has 0 heterocycles. The van der Waals surface area contributed by atoms with Gasteiger partial charge in [-0.2, -0.15) is 4.40 Å². The van der Waals surface area contributed by atoms with E-state index in [1.807, 2.05) is 20.8 Å². The molecule has 0 bridgehead atoms. The number of hydrogen-bond donors (Lipinski definition) is 0. The van der Waals surface area contributed by atoms with E-state index in [1.165, 1.54) is 6.07 Å². The Kier molecular flexibility index (Phi) is 8.19. The van der Waals surface area contributed by atoms with Crippen molar-refractivity contribution < 1.29 is 8.60 Å². The minimum Gasteiger partial charge on any atom is -0.234 e. The van der Waals surface area contributed by atoms with Gasteiger partial charge in [-0.1, -0.05) is 59.6 Å². The smallest absolute Gasteiger partial charge is 0.146 e. The van der Waals surface area contributed by atoms with E-state index in [-0.39, 0.29) is 5.82 Å². The lowest BCUT2D eigenvalue weighted by Gasteiger charge is -2.38. The van der Waals surface area contributed by atoms with Crippen LogP contribution in [-0.4, -0.2) is 22.7 Å². The van der Waals surface area contributed by atoms with Crippen molar-refractivity contribution in [3.63, 3.8) is 0 Å². The van der Waals surface area contributed by atoms with Gasteiger partial charge in [0.2, 0.25) is 0 Å². The summed E-state index contributed by atoms with van der Waals surface area (Å²) in [4.78, 5) is 0. The highest BCUT2D eigenvalue weighted by atomic mass is 32.2. The first-order valence-electron chi connectivity index (χ1n) is 9.62. The van der Waals surface area contributed by atoms with E-state index in [1.54, 1.807) is 18.2 Å². The predicted molar refractivity (Wildman–Crippen MR) is 120 cm³/mol. The number of hydrogen-bond acceptors (Lipinski definition) is 1. The molecule has 0 radical (unpaired) electrons. The molecule has 0 fully saturated rings. The Bertz CT molecular complexity index is 745. The van der Waals surface area contributed by atoms with Gasteiger partial charge in [0.1, 0.15) is 30.6 Å². The molecule has 150 valence electrons. The number of halogens is 1. The Labute approximate surface area is 168 Å². The Hall–Kier alpha value is -1.25. The van der Waals surface area contributed by atoms with E-state index in [4.69, 9.17) is 0 Å². The molecular formula is C22H34FNOSSi. The van der Waals surface area contributed by atoms with Gasteiger partial charge < -0.3 is 0 Å². The van der Waals surface area contributed by atoms with Crippen LogP contribution in [0.2, 0.25) is 16.6 Å². The van der Waals surface area contributed by atoms with E-state index in [0.717, 1.165) is 0 Å². The molecule has 0 aliphatic carbocycles. The monoisotopic (exact) mass is 407 g/mol. The quantitative estimate of drug-likeness (QED) is 0.320. The summed E-state index contributed by atoms with van der Waals surface area (Å²) in [5.74, 6) is 2.81. The first-order chi connectivity index (χ1) is 12.3. The van der Waals surface area contributed by atoms with E-state index >= 15 is 0 Å². The first-order valence-corrected chi connectivity index (χ1v) is 13.0. The minimum atomic E-state index is -2.00. The molecule has 1 aromatic rings. The zero-order chi connectivity index (χ0) is 21.0. The van der Waals surface area contributed by atoms with Crippen molar-refractivity contribution >= 4 is 24.8 Å². The van der Waals surface area contributed by atoms with Gasteiger partial charge in [0.25, 0.3) is 0 Å². The van der Waals surface area contributed by atoms with Crippen LogP contribution in [-0.2, 0) is 11.0 Å². The molecule has 0 spiro atoms. The SMILES string of the molecule is CC(C)[Si](C#C/C(=N\[S@](=O)C(C)(C)C)c1ccccc1F)(C(C)C)C(C)C. The molecule has 0 N–H and O–H groups in total. The third-order valence-corrected chi connectivity index (χ3v) is 12.8. The van der Waals surface area contributed by atoms with E-state index < -0.39 is 23.8 Å². The molecule has 0 unspecified atom stereocenters. The molecule has 27 heavy (non-hydrogen) atoms. The van der Waals surface area contributed by atoms with E-state index in [9.17, 15) is 8.60 Å². The zero-order valence-electron chi connectivity index (χ0n) is 18.2.